The zero-order chi connectivity index (χ0) is 10.7. The molecule has 1 aromatic rings. The molecule has 1 N–H and O–H groups in total. The summed E-state index contributed by atoms with van der Waals surface area (Å²) >= 11 is 0. The Morgan fingerprint density at radius 1 is 1.60 bits per heavy atom. The van der Waals surface area contributed by atoms with E-state index in [1.165, 1.54) is 31.2 Å². The van der Waals surface area contributed by atoms with E-state index < -0.39 is 0 Å². The van der Waals surface area contributed by atoms with E-state index >= 15 is 0 Å². The highest BCUT2D eigenvalue weighted by atomic mass is 14.9. The predicted octanol–water partition coefficient (Wildman–Crippen LogP) is 2.40. The Balaban J connectivity index is 2.00. The minimum absolute atomic E-state index is 0.469. The Hall–Kier alpha value is -0.890. The summed E-state index contributed by atoms with van der Waals surface area (Å²) in [6.07, 6.45) is 8.94. The molecule has 1 saturated carbocycles. The first kappa shape index (κ1) is 10.6. The highest BCUT2D eigenvalue weighted by Gasteiger charge is 2.34. The molecule has 15 heavy (non-hydrogen) atoms. The first-order valence-corrected chi connectivity index (χ1v) is 5.78. The van der Waals surface area contributed by atoms with Crippen molar-refractivity contribution in [2.24, 2.45) is 5.41 Å². The summed E-state index contributed by atoms with van der Waals surface area (Å²) in [5.41, 5.74) is 1.84. The van der Waals surface area contributed by atoms with E-state index in [0.717, 1.165) is 0 Å². The van der Waals surface area contributed by atoms with Gasteiger partial charge in [0, 0.05) is 18.4 Å². The van der Waals surface area contributed by atoms with Crippen LogP contribution in [0.1, 0.15) is 31.7 Å². The van der Waals surface area contributed by atoms with E-state index in [-0.39, 0.29) is 0 Å². The van der Waals surface area contributed by atoms with Gasteiger partial charge in [0.05, 0.1) is 0 Å². The number of aromatic nitrogens is 1. The van der Waals surface area contributed by atoms with Crippen LogP contribution in [0.2, 0.25) is 0 Å². The summed E-state index contributed by atoms with van der Waals surface area (Å²) in [6.45, 7) is 2.40. The first-order valence-electron chi connectivity index (χ1n) is 5.78. The highest BCUT2D eigenvalue weighted by Crippen LogP contribution is 2.40. The topological polar surface area (TPSA) is 24.9 Å². The van der Waals surface area contributed by atoms with Crippen LogP contribution in [0.25, 0.3) is 0 Å². The van der Waals surface area contributed by atoms with Crippen LogP contribution >= 0.6 is 0 Å². The summed E-state index contributed by atoms with van der Waals surface area (Å²) in [4.78, 5) is 4.18. The van der Waals surface area contributed by atoms with Crippen LogP contribution < -0.4 is 5.32 Å². The molecule has 1 fully saturated rings. The molecule has 1 heterocycles. The van der Waals surface area contributed by atoms with Gasteiger partial charge in [-0.3, -0.25) is 4.98 Å². The average molecular weight is 204 g/mol. The van der Waals surface area contributed by atoms with Crippen molar-refractivity contribution in [2.45, 2.75) is 38.6 Å². The van der Waals surface area contributed by atoms with Gasteiger partial charge in [0.25, 0.3) is 0 Å². The minimum atomic E-state index is 0.469. The van der Waals surface area contributed by atoms with E-state index in [0.29, 0.717) is 11.5 Å². The van der Waals surface area contributed by atoms with E-state index in [9.17, 15) is 0 Å². The van der Waals surface area contributed by atoms with Gasteiger partial charge in [0.15, 0.2) is 0 Å². The fourth-order valence-corrected chi connectivity index (χ4v) is 2.72. The van der Waals surface area contributed by atoms with Crippen LogP contribution in [-0.2, 0) is 6.42 Å². The van der Waals surface area contributed by atoms with Gasteiger partial charge in [0.1, 0.15) is 0 Å². The fraction of sp³-hybridized carbons (Fsp3) is 0.615. The summed E-state index contributed by atoms with van der Waals surface area (Å²) in [5.74, 6) is 0. The fourth-order valence-electron chi connectivity index (χ4n) is 2.72. The molecule has 0 spiro atoms. The second-order valence-corrected chi connectivity index (χ2v) is 5.08. The van der Waals surface area contributed by atoms with E-state index in [2.05, 4.69) is 30.3 Å². The standard InChI is InChI=1S/C13H20N2/c1-13(6-5-12(9-13)14-2)8-11-4-3-7-15-10-11/h3-4,7,10,12,14H,5-6,8-9H2,1-2H3. The van der Waals surface area contributed by atoms with Gasteiger partial charge in [-0.05, 0) is 49.8 Å². The van der Waals surface area contributed by atoms with E-state index in [1.807, 2.05) is 18.5 Å². The summed E-state index contributed by atoms with van der Waals surface area (Å²) in [5, 5.41) is 3.39. The molecule has 0 saturated heterocycles. The lowest BCUT2D eigenvalue weighted by molar-refractivity contribution is 0.324. The third kappa shape index (κ3) is 2.57. The van der Waals surface area contributed by atoms with Crippen LogP contribution in [0.3, 0.4) is 0 Å². The number of hydrogen-bond acceptors (Lipinski definition) is 2. The molecule has 1 aliphatic rings. The molecule has 2 rings (SSSR count). The maximum atomic E-state index is 4.18. The first-order chi connectivity index (χ1) is 7.22. The molecule has 1 aliphatic carbocycles. The smallest absolute Gasteiger partial charge is 0.0300 e. The minimum Gasteiger partial charge on any atom is -0.317 e. The maximum Gasteiger partial charge on any atom is 0.0300 e. The molecule has 2 atom stereocenters. The third-order valence-electron chi connectivity index (χ3n) is 3.60. The molecule has 2 heteroatoms. The Labute approximate surface area is 92.1 Å². The van der Waals surface area contributed by atoms with Crippen molar-refractivity contribution in [1.29, 1.82) is 0 Å². The van der Waals surface area contributed by atoms with Crippen molar-refractivity contribution in [3.8, 4) is 0 Å². The molecule has 0 radical (unpaired) electrons. The lowest BCUT2D eigenvalue weighted by Gasteiger charge is -2.24. The highest BCUT2D eigenvalue weighted by molar-refractivity contribution is 5.12. The number of hydrogen-bond donors (Lipinski definition) is 1. The lowest BCUT2D eigenvalue weighted by atomic mass is 9.82. The summed E-state index contributed by atoms with van der Waals surface area (Å²) in [6, 6.07) is 4.93. The largest absolute Gasteiger partial charge is 0.317 e. The van der Waals surface area contributed by atoms with E-state index in [1.54, 1.807) is 0 Å². The average Bonchev–Trinajstić information content (AvgIpc) is 2.61. The van der Waals surface area contributed by atoms with Gasteiger partial charge >= 0.3 is 0 Å². The Morgan fingerprint density at radius 3 is 3.07 bits per heavy atom. The van der Waals surface area contributed by atoms with Crippen LogP contribution in [0.15, 0.2) is 24.5 Å². The van der Waals surface area contributed by atoms with Crippen molar-refractivity contribution in [3.05, 3.63) is 30.1 Å². The zero-order valence-electron chi connectivity index (χ0n) is 9.66. The molecular weight excluding hydrogens is 184 g/mol. The molecule has 82 valence electrons. The van der Waals surface area contributed by atoms with Crippen molar-refractivity contribution in [2.75, 3.05) is 7.05 Å². The van der Waals surface area contributed by atoms with Gasteiger partial charge in [0.2, 0.25) is 0 Å². The molecule has 2 nitrogen and oxygen atoms in total. The van der Waals surface area contributed by atoms with Crippen LogP contribution in [0, 0.1) is 5.41 Å². The number of rotatable bonds is 3. The van der Waals surface area contributed by atoms with Crippen LogP contribution in [0.4, 0.5) is 0 Å². The SMILES string of the molecule is CNC1CCC(C)(Cc2cccnc2)C1. The van der Waals surface area contributed by atoms with Crippen molar-refractivity contribution < 1.29 is 0 Å². The van der Waals surface area contributed by atoms with Gasteiger partial charge in [-0.25, -0.2) is 0 Å². The van der Waals surface area contributed by atoms with Gasteiger partial charge in [-0.1, -0.05) is 13.0 Å². The molecule has 0 aliphatic heterocycles. The normalized spacial score (nSPS) is 30.7. The molecule has 0 amide bonds. The molecule has 0 bridgehead atoms. The van der Waals surface area contributed by atoms with Crippen molar-refractivity contribution in [3.63, 3.8) is 0 Å². The summed E-state index contributed by atoms with van der Waals surface area (Å²) in [7, 11) is 2.07. The molecular formula is C13H20N2. The monoisotopic (exact) mass is 204 g/mol. The zero-order valence-corrected chi connectivity index (χ0v) is 9.66. The quantitative estimate of drug-likeness (QED) is 0.818. The van der Waals surface area contributed by atoms with Crippen LogP contribution in [-0.4, -0.2) is 18.1 Å². The third-order valence-corrected chi connectivity index (χ3v) is 3.60. The van der Waals surface area contributed by atoms with Crippen molar-refractivity contribution in [1.82, 2.24) is 10.3 Å². The van der Waals surface area contributed by atoms with Gasteiger partial charge in [-0.15, -0.1) is 0 Å². The number of nitrogens with one attached hydrogen (secondary N) is 1. The Bertz CT molecular complexity index is 310. The number of pyridine rings is 1. The predicted molar refractivity (Wildman–Crippen MR) is 62.7 cm³/mol. The van der Waals surface area contributed by atoms with E-state index in [4.69, 9.17) is 0 Å². The molecule has 2 unspecified atom stereocenters. The lowest BCUT2D eigenvalue weighted by Crippen LogP contribution is -2.24. The van der Waals surface area contributed by atoms with Crippen LogP contribution in [0.5, 0.6) is 0 Å². The Morgan fingerprint density at radius 2 is 2.47 bits per heavy atom. The maximum absolute atomic E-state index is 4.18. The van der Waals surface area contributed by atoms with Gasteiger partial charge < -0.3 is 5.32 Å². The Kier molecular flexibility index (Phi) is 3.06. The second kappa shape index (κ2) is 4.31. The van der Waals surface area contributed by atoms with Gasteiger partial charge in [-0.2, -0.15) is 0 Å². The van der Waals surface area contributed by atoms with Crippen molar-refractivity contribution >= 4 is 0 Å². The number of nitrogens with zero attached hydrogens (tertiary/aromatic N) is 1. The summed E-state index contributed by atoms with van der Waals surface area (Å²) < 4.78 is 0. The molecule has 1 aromatic heterocycles. The molecule has 0 aromatic carbocycles. The second-order valence-electron chi connectivity index (χ2n) is 5.08.